The highest BCUT2D eigenvalue weighted by Gasteiger charge is 2.52. The topological polar surface area (TPSA) is 53.4 Å². The van der Waals surface area contributed by atoms with Gasteiger partial charge in [-0.1, -0.05) is 18.2 Å². The summed E-state index contributed by atoms with van der Waals surface area (Å²) in [5.41, 5.74) is 2.78. The van der Waals surface area contributed by atoms with Crippen LogP contribution in [-0.4, -0.2) is 28.4 Å². The van der Waals surface area contributed by atoms with Gasteiger partial charge in [-0.25, -0.2) is 4.79 Å². The molecular weight excluding hydrogens is 292 g/mol. The molecule has 23 heavy (non-hydrogen) atoms. The first-order valence-corrected chi connectivity index (χ1v) is 8.10. The molecule has 1 saturated carbocycles. The lowest BCUT2D eigenvalue weighted by Crippen LogP contribution is -2.42. The molecule has 0 N–H and O–H groups in total. The maximum absolute atomic E-state index is 12.3. The Morgan fingerprint density at radius 2 is 2.39 bits per heavy atom. The van der Waals surface area contributed by atoms with Crippen LogP contribution in [0.1, 0.15) is 18.4 Å². The SMILES string of the molecule is O=c1nc(OCC23CC(CO2)C3)cc2n1CCc1c[c]ccc1-2. The molecule has 2 saturated heterocycles. The van der Waals surface area contributed by atoms with E-state index >= 15 is 0 Å². The number of hydrogen-bond donors (Lipinski definition) is 0. The first-order chi connectivity index (χ1) is 11.2. The van der Waals surface area contributed by atoms with Crippen LogP contribution in [0.4, 0.5) is 0 Å². The zero-order valence-electron chi connectivity index (χ0n) is 12.7. The Labute approximate surface area is 133 Å². The summed E-state index contributed by atoms with van der Waals surface area (Å²) in [5, 5.41) is 0. The van der Waals surface area contributed by atoms with E-state index in [1.807, 2.05) is 24.3 Å². The number of fused-ring (bicyclic) bond motifs is 4. The Kier molecular flexibility index (Phi) is 2.71. The number of hydrogen-bond acceptors (Lipinski definition) is 4. The van der Waals surface area contributed by atoms with Crippen molar-refractivity contribution in [1.82, 2.24) is 9.55 Å². The molecule has 2 aromatic rings. The van der Waals surface area contributed by atoms with Crippen molar-refractivity contribution < 1.29 is 9.47 Å². The van der Waals surface area contributed by atoms with Crippen LogP contribution in [0.2, 0.25) is 0 Å². The molecule has 4 aliphatic rings. The molecule has 1 radical (unpaired) electrons. The monoisotopic (exact) mass is 309 g/mol. The van der Waals surface area contributed by atoms with Crippen molar-refractivity contribution in [3.63, 3.8) is 0 Å². The highest BCUT2D eigenvalue weighted by atomic mass is 16.6. The molecule has 0 spiro atoms. The molecule has 0 unspecified atom stereocenters. The van der Waals surface area contributed by atoms with Gasteiger partial charge in [-0.15, -0.1) is 0 Å². The summed E-state index contributed by atoms with van der Waals surface area (Å²) in [6, 6.07) is 10.8. The molecule has 2 bridgehead atoms. The predicted molar refractivity (Wildman–Crippen MR) is 83.4 cm³/mol. The number of aryl methyl sites for hydroxylation is 1. The molecule has 6 rings (SSSR count). The zero-order chi connectivity index (χ0) is 15.4. The molecule has 3 aliphatic heterocycles. The third kappa shape index (κ3) is 2.03. The summed E-state index contributed by atoms with van der Waals surface area (Å²) >= 11 is 0. The third-order valence-corrected chi connectivity index (χ3v) is 5.25. The summed E-state index contributed by atoms with van der Waals surface area (Å²) in [6.07, 6.45) is 2.96. The van der Waals surface area contributed by atoms with E-state index in [1.165, 1.54) is 5.56 Å². The van der Waals surface area contributed by atoms with Crippen molar-refractivity contribution in [2.45, 2.75) is 31.4 Å². The second-order valence-corrected chi connectivity index (χ2v) is 6.80. The first-order valence-electron chi connectivity index (χ1n) is 8.10. The third-order valence-electron chi connectivity index (χ3n) is 5.25. The maximum Gasteiger partial charge on any atom is 0.351 e. The molecule has 4 heterocycles. The number of aromatic nitrogens is 2. The molecule has 0 amide bonds. The fraction of sp³-hybridized carbons (Fsp3) is 0.444. The number of ether oxygens (including phenoxy) is 2. The summed E-state index contributed by atoms with van der Waals surface area (Å²) in [5.74, 6) is 1.10. The number of nitrogens with zero attached hydrogens (tertiary/aromatic N) is 2. The van der Waals surface area contributed by atoms with Crippen molar-refractivity contribution in [3.05, 3.63) is 46.4 Å². The Bertz CT molecular complexity index is 831. The predicted octanol–water partition coefficient (Wildman–Crippen LogP) is 1.82. The Morgan fingerprint density at radius 1 is 1.48 bits per heavy atom. The molecule has 3 fully saturated rings. The Hall–Kier alpha value is -2.14. The maximum atomic E-state index is 12.3. The molecule has 5 heteroatoms. The quantitative estimate of drug-likeness (QED) is 0.868. The smallest absolute Gasteiger partial charge is 0.351 e. The Morgan fingerprint density at radius 3 is 3.22 bits per heavy atom. The van der Waals surface area contributed by atoms with E-state index in [9.17, 15) is 4.79 Å². The van der Waals surface area contributed by atoms with Gasteiger partial charge in [0.2, 0.25) is 5.88 Å². The van der Waals surface area contributed by atoms with Gasteiger partial charge in [0.25, 0.3) is 0 Å². The van der Waals surface area contributed by atoms with Crippen LogP contribution in [0, 0.1) is 12.0 Å². The molecule has 117 valence electrons. The van der Waals surface area contributed by atoms with E-state index in [0.29, 0.717) is 24.9 Å². The highest BCUT2D eigenvalue weighted by Crippen LogP contribution is 2.48. The van der Waals surface area contributed by atoms with E-state index < -0.39 is 0 Å². The lowest BCUT2D eigenvalue weighted by molar-refractivity contribution is -0.0369. The van der Waals surface area contributed by atoms with Crippen LogP contribution in [0.3, 0.4) is 0 Å². The second-order valence-electron chi connectivity index (χ2n) is 6.80. The lowest BCUT2D eigenvalue weighted by atomic mass is 9.75. The van der Waals surface area contributed by atoms with Gasteiger partial charge >= 0.3 is 5.69 Å². The second kappa shape index (κ2) is 4.68. The largest absolute Gasteiger partial charge is 0.474 e. The Balaban J connectivity index is 1.48. The van der Waals surface area contributed by atoms with Gasteiger partial charge in [0.15, 0.2) is 0 Å². The zero-order valence-corrected chi connectivity index (χ0v) is 12.7. The normalized spacial score (nSPS) is 27.0. The molecule has 1 aromatic heterocycles. The van der Waals surface area contributed by atoms with Crippen molar-refractivity contribution in [1.29, 1.82) is 0 Å². The van der Waals surface area contributed by atoms with Crippen LogP contribution in [0.15, 0.2) is 29.1 Å². The summed E-state index contributed by atoms with van der Waals surface area (Å²) in [6.45, 7) is 1.98. The summed E-state index contributed by atoms with van der Waals surface area (Å²) in [4.78, 5) is 16.4. The van der Waals surface area contributed by atoms with Gasteiger partial charge in [0.1, 0.15) is 12.2 Å². The van der Waals surface area contributed by atoms with E-state index in [-0.39, 0.29) is 11.3 Å². The van der Waals surface area contributed by atoms with E-state index in [4.69, 9.17) is 9.47 Å². The van der Waals surface area contributed by atoms with Crippen molar-refractivity contribution in [3.8, 4) is 17.1 Å². The minimum Gasteiger partial charge on any atom is -0.474 e. The minimum absolute atomic E-state index is 0.134. The van der Waals surface area contributed by atoms with E-state index in [0.717, 1.165) is 37.1 Å². The van der Waals surface area contributed by atoms with Crippen LogP contribution in [0.25, 0.3) is 11.3 Å². The van der Waals surface area contributed by atoms with E-state index in [2.05, 4.69) is 11.1 Å². The van der Waals surface area contributed by atoms with Crippen molar-refractivity contribution >= 4 is 0 Å². The summed E-state index contributed by atoms with van der Waals surface area (Å²) < 4.78 is 13.4. The number of benzene rings is 1. The fourth-order valence-electron chi connectivity index (χ4n) is 4.04. The van der Waals surface area contributed by atoms with E-state index in [1.54, 1.807) is 4.57 Å². The minimum atomic E-state index is -0.243. The van der Waals surface area contributed by atoms with Crippen LogP contribution < -0.4 is 10.4 Å². The fourth-order valence-corrected chi connectivity index (χ4v) is 4.04. The van der Waals surface area contributed by atoms with Gasteiger partial charge in [0.05, 0.1) is 12.3 Å². The van der Waals surface area contributed by atoms with Gasteiger partial charge in [0, 0.05) is 18.2 Å². The van der Waals surface area contributed by atoms with Crippen LogP contribution in [-0.2, 0) is 17.7 Å². The first kappa shape index (κ1) is 13.3. The lowest BCUT2D eigenvalue weighted by Gasteiger charge is -2.35. The molecule has 1 aromatic carbocycles. The van der Waals surface area contributed by atoms with Gasteiger partial charge < -0.3 is 9.47 Å². The molecular formula is C18H17N2O3. The summed E-state index contributed by atoms with van der Waals surface area (Å²) in [7, 11) is 0. The van der Waals surface area contributed by atoms with Crippen molar-refractivity contribution in [2.75, 3.05) is 13.2 Å². The van der Waals surface area contributed by atoms with Gasteiger partial charge in [-0.05, 0) is 36.8 Å². The highest BCUT2D eigenvalue weighted by molar-refractivity contribution is 5.66. The number of rotatable bonds is 3. The van der Waals surface area contributed by atoms with Crippen LogP contribution >= 0.6 is 0 Å². The average Bonchev–Trinajstić information content (AvgIpc) is 3.13. The standard InChI is InChI=1S/C18H17N2O3/c21-17-19-16(22-11-18-8-12(9-18)10-23-18)7-15-14-4-2-1-3-13(14)5-6-20(15)17/h2-4,7,12H,5-6,8-11H2. The molecule has 0 atom stereocenters. The van der Waals surface area contributed by atoms with Crippen LogP contribution in [0.5, 0.6) is 5.88 Å². The molecule has 5 nitrogen and oxygen atoms in total. The average molecular weight is 309 g/mol. The molecule has 1 aliphatic carbocycles. The van der Waals surface area contributed by atoms with Crippen molar-refractivity contribution in [2.24, 2.45) is 5.92 Å². The van der Waals surface area contributed by atoms with Gasteiger partial charge in [-0.3, -0.25) is 4.57 Å². The van der Waals surface area contributed by atoms with Gasteiger partial charge in [-0.2, -0.15) is 4.98 Å².